The number of aromatic nitrogens is 4. The lowest BCUT2D eigenvalue weighted by atomic mass is 10.1. The number of amides is 1. The van der Waals surface area contributed by atoms with Crippen molar-refractivity contribution in [2.75, 3.05) is 41.3 Å². The van der Waals surface area contributed by atoms with Crippen LogP contribution in [-0.4, -0.2) is 52.3 Å². The molecule has 4 heterocycles. The summed E-state index contributed by atoms with van der Waals surface area (Å²) in [6, 6.07) is 13.4. The average Bonchev–Trinajstić information content (AvgIpc) is 3.40. The maximum Gasteiger partial charge on any atom is 0.274 e. The van der Waals surface area contributed by atoms with Crippen LogP contribution in [0.4, 0.5) is 17.3 Å². The maximum atomic E-state index is 12.7. The summed E-state index contributed by atoms with van der Waals surface area (Å²) >= 11 is 0. The van der Waals surface area contributed by atoms with Gasteiger partial charge in [0.15, 0.2) is 5.82 Å². The van der Waals surface area contributed by atoms with Crippen molar-refractivity contribution in [2.45, 2.75) is 32.1 Å². The van der Waals surface area contributed by atoms with Crippen molar-refractivity contribution in [3.63, 3.8) is 0 Å². The molecule has 32 heavy (non-hydrogen) atoms. The third-order valence-electron chi connectivity index (χ3n) is 6.08. The van der Waals surface area contributed by atoms with Gasteiger partial charge in [0.2, 0.25) is 0 Å². The van der Waals surface area contributed by atoms with E-state index in [1.165, 1.54) is 25.6 Å². The number of piperidine rings is 1. The molecule has 3 aromatic rings. The molecule has 2 fully saturated rings. The minimum Gasteiger partial charge on any atom is -0.357 e. The second-order valence-corrected chi connectivity index (χ2v) is 8.31. The van der Waals surface area contributed by atoms with Crippen molar-refractivity contribution in [1.82, 2.24) is 20.2 Å². The zero-order valence-corrected chi connectivity index (χ0v) is 18.1. The van der Waals surface area contributed by atoms with Gasteiger partial charge in [-0.3, -0.25) is 4.79 Å². The van der Waals surface area contributed by atoms with Crippen LogP contribution in [0.1, 0.15) is 42.6 Å². The smallest absolute Gasteiger partial charge is 0.274 e. The fraction of sp³-hybridized carbons (Fsp3) is 0.375. The minimum atomic E-state index is -0.242. The summed E-state index contributed by atoms with van der Waals surface area (Å²) in [6.45, 7) is 4.05. The van der Waals surface area contributed by atoms with Gasteiger partial charge in [-0.15, -0.1) is 10.2 Å². The molecule has 2 aliphatic rings. The number of nitrogens with one attached hydrogen (secondary N) is 1. The lowest BCUT2D eigenvalue weighted by Crippen LogP contribution is -2.30. The van der Waals surface area contributed by atoms with E-state index in [4.69, 9.17) is 0 Å². The van der Waals surface area contributed by atoms with Crippen LogP contribution in [0.25, 0.3) is 11.3 Å². The fourth-order valence-corrected chi connectivity index (χ4v) is 4.28. The van der Waals surface area contributed by atoms with E-state index in [1.807, 2.05) is 36.4 Å². The number of hydrogen-bond acceptors (Lipinski definition) is 7. The van der Waals surface area contributed by atoms with Gasteiger partial charge in [0.1, 0.15) is 17.8 Å². The van der Waals surface area contributed by atoms with Crippen LogP contribution in [0.15, 0.2) is 48.8 Å². The van der Waals surface area contributed by atoms with Gasteiger partial charge >= 0.3 is 0 Å². The monoisotopic (exact) mass is 429 g/mol. The third-order valence-corrected chi connectivity index (χ3v) is 6.08. The highest BCUT2D eigenvalue weighted by Gasteiger charge is 2.16. The Bertz CT molecular complexity index is 1060. The molecular formula is C24H27N7O. The first kappa shape index (κ1) is 20.4. The van der Waals surface area contributed by atoms with Crippen molar-refractivity contribution in [3.05, 3.63) is 54.5 Å². The molecule has 2 saturated heterocycles. The molecule has 0 bridgehead atoms. The van der Waals surface area contributed by atoms with Crippen LogP contribution < -0.4 is 15.1 Å². The summed E-state index contributed by atoms with van der Waals surface area (Å²) in [4.78, 5) is 25.7. The number of anilines is 3. The molecule has 164 valence electrons. The second-order valence-electron chi connectivity index (χ2n) is 8.31. The average molecular weight is 430 g/mol. The first-order valence-electron chi connectivity index (χ1n) is 11.3. The van der Waals surface area contributed by atoms with Crippen molar-refractivity contribution in [1.29, 1.82) is 0 Å². The highest BCUT2D eigenvalue weighted by Crippen LogP contribution is 2.23. The Morgan fingerprint density at radius 1 is 0.750 bits per heavy atom. The van der Waals surface area contributed by atoms with Crippen LogP contribution in [0.5, 0.6) is 0 Å². The van der Waals surface area contributed by atoms with Gasteiger partial charge in [0.25, 0.3) is 5.91 Å². The number of hydrogen-bond donors (Lipinski definition) is 1. The lowest BCUT2D eigenvalue weighted by Gasteiger charge is -2.27. The highest BCUT2D eigenvalue weighted by atomic mass is 16.1. The summed E-state index contributed by atoms with van der Waals surface area (Å²) in [5.74, 6) is 1.51. The molecule has 2 aromatic heterocycles. The summed E-state index contributed by atoms with van der Waals surface area (Å²) in [5.41, 5.74) is 2.84. The Morgan fingerprint density at radius 2 is 1.44 bits per heavy atom. The number of benzene rings is 1. The van der Waals surface area contributed by atoms with Crippen molar-refractivity contribution in [2.24, 2.45) is 0 Å². The van der Waals surface area contributed by atoms with Gasteiger partial charge in [0, 0.05) is 43.5 Å². The third kappa shape index (κ3) is 4.54. The Hall–Kier alpha value is -3.55. The number of carbonyl (C=O) groups excluding carboxylic acids is 1. The molecule has 2 aliphatic heterocycles. The van der Waals surface area contributed by atoms with Crippen LogP contribution in [0.2, 0.25) is 0 Å². The summed E-state index contributed by atoms with van der Waals surface area (Å²) < 4.78 is 0. The van der Waals surface area contributed by atoms with Gasteiger partial charge in [-0.05, 0) is 56.4 Å². The number of carbonyl (C=O) groups is 1. The summed E-state index contributed by atoms with van der Waals surface area (Å²) in [7, 11) is 0. The quantitative estimate of drug-likeness (QED) is 0.660. The molecule has 0 atom stereocenters. The SMILES string of the molecule is O=C(Nc1ccc(-c2ccc(N3CCCC3)nn2)cc1)c1cc(N2CCCCC2)ncn1. The fourth-order valence-electron chi connectivity index (χ4n) is 4.28. The molecule has 0 radical (unpaired) electrons. The second kappa shape index (κ2) is 9.30. The van der Waals surface area contributed by atoms with Gasteiger partial charge in [0.05, 0.1) is 5.69 Å². The molecule has 0 spiro atoms. The standard InChI is InChI=1S/C24H27N7O/c32-24(21-16-23(26-17-25-21)31-12-2-1-3-13-31)27-19-8-6-18(7-9-19)20-10-11-22(29-28-20)30-14-4-5-15-30/h6-11,16-17H,1-5,12-15H2,(H,27,32). The van der Waals surface area contributed by atoms with Crippen LogP contribution >= 0.6 is 0 Å². The van der Waals surface area contributed by atoms with E-state index in [0.717, 1.165) is 61.9 Å². The maximum absolute atomic E-state index is 12.7. The van der Waals surface area contributed by atoms with Gasteiger partial charge in [-0.2, -0.15) is 0 Å². The molecule has 0 aliphatic carbocycles. The topological polar surface area (TPSA) is 87.1 Å². The van der Waals surface area contributed by atoms with Crippen LogP contribution in [-0.2, 0) is 0 Å². The van der Waals surface area contributed by atoms with Crippen molar-refractivity contribution in [3.8, 4) is 11.3 Å². The lowest BCUT2D eigenvalue weighted by molar-refractivity contribution is 0.102. The van der Waals surface area contributed by atoms with E-state index in [9.17, 15) is 4.79 Å². The first-order chi connectivity index (χ1) is 15.8. The van der Waals surface area contributed by atoms with E-state index in [0.29, 0.717) is 11.4 Å². The largest absolute Gasteiger partial charge is 0.357 e. The highest BCUT2D eigenvalue weighted by molar-refractivity contribution is 6.03. The van der Waals surface area contributed by atoms with E-state index in [1.54, 1.807) is 6.07 Å². The Morgan fingerprint density at radius 3 is 2.12 bits per heavy atom. The van der Waals surface area contributed by atoms with Crippen molar-refractivity contribution < 1.29 is 4.79 Å². The minimum absolute atomic E-state index is 0.242. The van der Waals surface area contributed by atoms with Gasteiger partial charge in [-0.1, -0.05) is 12.1 Å². The predicted octanol–water partition coefficient (Wildman–Crippen LogP) is 3.78. The summed E-state index contributed by atoms with van der Waals surface area (Å²) in [6.07, 6.45) is 7.45. The molecule has 1 aromatic carbocycles. The molecular weight excluding hydrogens is 402 g/mol. The van der Waals surface area contributed by atoms with E-state index < -0.39 is 0 Å². The molecule has 8 heteroatoms. The van der Waals surface area contributed by atoms with Gasteiger partial charge in [-0.25, -0.2) is 9.97 Å². The number of rotatable bonds is 5. The van der Waals surface area contributed by atoms with E-state index in [-0.39, 0.29) is 5.91 Å². The van der Waals surface area contributed by atoms with Gasteiger partial charge < -0.3 is 15.1 Å². The zero-order chi connectivity index (χ0) is 21.8. The normalized spacial score (nSPS) is 16.2. The van der Waals surface area contributed by atoms with Crippen LogP contribution in [0.3, 0.4) is 0 Å². The first-order valence-corrected chi connectivity index (χ1v) is 11.3. The molecule has 5 rings (SSSR count). The predicted molar refractivity (Wildman–Crippen MR) is 125 cm³/mol. The molecule has 1 amide bonds. The molecule has 0 saturated carbocycles. The van der Waals surface area contributed by atoms with E-state index in [2.05, 4.69) is 35.3 Å². The summed E-state index contributed by atoms with van der Waals surface area (Å²) in [5, 5.41) is 11.7. The molecule has 1 N–H and O–H groups in total. The number of nitrogens with zero attached hydrogens (tertiary/aromatic N) is 6. The Labute approximate surface area is 187 Å². The zero-order valence-electron chi connectivity index (χ0n) is 18.1. The Balaban J connectivity index is 1.24. The van der Waals surface area contributed by atoms with Crippen LogP contribution in [0, 0.1) is 0 Å². The van der Waals surface area contributed by atoms with E-state index >= 15 is 0 Å². The molecule has 0 unspecified atom stereocenters. The molecule has 8 nitrogen and oxygen atoms in total. The Kier molecular flexibility index (Phi) is 5.91. The van der Waals surface area contributed by atoms with Crippen molar-refractivity contribution >= 4 is 23.2 Å².